The Kier molecular flexibility index (Phi) is 12.2. The lowest BCUT2D eigenvalue weighted by Gasteiger charge is -2.31. The van der Waals surface area contributed by atoms with Crippen molar-refractivity contribution in [2.75, 3.05) is 26.4 Å². The van der Waals surface area contributed by atoms with Crippen LogP contribution in [-0.4, -0.2) is 48.8 Å². The van der Waals surface area contributed by atoms with Crippen molar-refractivity contribution in [1.82, 2.24) is 10.9 Å². The molecule has 0 aliphatic carbocycles. The molecule has 0 spiro atoms. The van der Waals surface area contributed by atoms with E-state index in [1.807, 2.05) is 110 Å². The first kappa shape index (κ1) is 35.9. The third-order valence-corrected chi connectivity index (χ3v) is 9.26. The number of halogens is 1. The number of nitrogens with one attached hydrogen (secondary N) is 2. The van der Waals surface area contributed by atoms with Crippen LogP contribution >= 0.6 is 15.9 Å². The summed E-state index contributed by atoms with van der Waals surface area (Å²) in [6, 6.07) is 41.6. The minimum atomic E-state index is -1.36. The highest BCUT2D eigenvalue weighted by Gasteiger charge is 2.53. The summed E-state index contributed by atoms with van der Waals surface area (Å²) in [7, 11) is 0. The number of rotatable bonds is 16. The molecular weight excluding hydrogens is 706 g/mol. The van der Waals surface area contributed by atoms with Crippen molar-refractivity contribution in [1.29, 1.82) is 0 Å². The molecule has 1 aliphatic heterocycles. The Morgan fingerprint density at radius 1 is 0.843 bits per heavy atom. The summed E-state index contributed by atoms with van der Waals surface area (Å²) in [5, 5.41) is 9.13. The average Bonchev–Trinajstić information content (AvgIpc) is 3.56. The minimum absolute atomic E-state index is 0.0639. The van der Waals surface area contributed by atoms with E-state index in [0.29, 0.717) is 44.2 Å². The number of carbonyl (C=O) groups is 1. The SMILES string of the molecule is CCOc1ccccc1CCNNC(=O)[C@@]1(Cc2ccc(Br)cc2)N=C(c2ccc(OCCCO)cc2)O[C@H]1c1ccc(-c2ccccc2)cc1. The van der Waals surface area contributed by atoms with Crippen LogP contribution in [-0.2, 0) is 22.4 Å². The molecule has 2 atom stereocenters. The molecule has 51 heavy (non-hydrogen) atoms. The van der Waals surface area contributed by atoms with Gasteiger partial charge < -0.3 is 19.3 Å². The highest BCUT2D eigenvalue weighted by Crippen LogP contribution is 2.43. The Labute approximate surface area is 307 Å². The Hall–Kier alpha value is -4.96. The molecule has 0 saturated carbocycles. The van der Waals surface area contributed by atoms with Crippen molar-refractivity contribution in [3.05, 3.63) is 154 Å². The van der Waals surface area contributed by atoms with E-state index in [2.05, 4.69) is 51.0 Å². The molecule has 1 amide bonds. The van der Waals surface area contributed by atoms with Crippen LogP contribution in [0.3, 0.4) is 0 Å². The number of hydrazine groups is 1. The van der Waals surface area contributed by atoms with Gasteiger partial charge in [-0.2, -0.15) is 0 Å². The lowest BCUT2D eigenvalue weighted by atomic mass is 9.82. The van der Waals surface area contributed by atoms with Gasteiger partial charge in [0.2, 0.25) is 5.90 Å². The summed E-state index contributed by atoms with van der Waals surface area (Å²) in [6.07, 6.45) is 0.751. The Morgan fingerprint density at radius 2 is 1.53 bits per heavy atom. The quantitative estimate of drug-likeness (QED) is 0.0709. The first-order valence-electron chi connectivity index (χ1n) is 17.2. The lowest BCUT2D eigenvalue weighted by molar-refractivity contribution is -0.130. The fourth-order valence-corrected chi connectivity index (χ4v) is 6.40. The van der Waals surface area contributed by atoms with Crippen LogP contribution < -0.4 is 20.3 Å². The molecule has 5 aromatic carbocycles. The van der Waals surface area contributed by atoms with Gasteiger partial charge in [-0.05, 0) is 83.6 Å². The van der Waals surface area contributed by atoms with Crippen molar-refractivity contribution in [3.8, 4) is 22.6 Å². The molecule has 0 unspecified atom stereocenters. The summed E-state index contributed by atoms with van der Waals surface area (Å²) in [5.41, 5.74) is 10.5. The molecule has 0 fully saturated rings. The maximum absolute atomic E-state index is 14.6. The number of aliphatic hydroxyl groups is 1. The van der Waals surface area contributed by atoms with Gasteiger partial charge in [-0.3, -0.25) is 10.2 Å². The van der Waals surface area contributed by atoms with E-state index in [9.17, 15) is 4.79 Å². The Balaban J connectivity index is 1.33. The second kappa shape index (κ2) is 17.3. The molecule has 3 N–H and O–H groups in total. The van der Waals surface area contributed by atoms with E-state index in [0.717, 1.165) is 43.6 Å². The van der Waals surface area contributed by atoms with Crippen molar-refractivity contribution in [3.63, 3.8) is 0 Å². The first-order chi connectivity index (χ1) is 25.0. The summed E-state index contributed by atoms with van der Waals surface area (Å²) in [5.74, 6) is 1.57. The van der Waals surface area contributed by atoms with Crippen molar-refractivity contribution in [2.24, 2.45) is 4.99 Å². The Morgan fingerprint density at radius 3 is 2.25 bits per heavy atom. The number of nitrogens with zero attached hydrogens (tertiary/aromatic N) is 1. The molecule has 262 valence electrons. The molecule has 1 aliphatic rings. The zero-order valence-corrected chi connectivity index (χ0v) is 30.1. The van der Waals surface area contributed by atoms with Crippen molar-refractivity contribution >= 4 is 27.7 Å². The van der Waals surface area contributed by atoms with Gasteiger partial charge >= 0.3 is 0 Å². The van der Waals surface area contributed by atoms with E-state index in [4.69, 9.17) is 24.3 Å². The highest BCUT2D eigenvalue weighted by molar-refractivity contribution is 9.10. The van der Waals surface area contributed by atoms with E-state index >= 15 is 0 Å². The van der Waals surface area contributed by atoms with Gasteiger partial charge in [0.15, 0.2) is 11.6 Å². The van der Waals surface area contributed by atoms with Gasteiger partial charge in [-0.15, -0.1) is 0 Å². The van der Waals surface area contributed by atoms with Crippen LogP contribution in [0.1, 0.15) is 41.7 Å². The van der Waals surface area contributed by atoms with Crippen molar-refractivity contribution in [2.45, 2.75) is 37.8 Å². The smallest absolute Gasteiger partial charge is 0.266 e. The largest absolute Gasteiger partial charge is 0.494 e. The predicted octanol–water partition coefficient (Wildman–Crippen LogP) is 7.64. The van der Waals surface area contributed by atoms with Gasteiger partial charge in [0.05, 0.1) is 13.2 Å². The minimum Gasteiger partial charge on any atom is -0.494 e. The van der Waals surface area contributed by atoms with Crippen LogP contribution in [0.25, 0.3) is 11.1 Å². The average molecular weight is 749 g/mol. The van der Waals surface area contributed by atoms with Crippen molar-refractivity contribution < 1.29 is 24.1 Å². The highest BCUT2D eigenvalue weighted by atomic mass is 79.9. The molecule has 6 rings (SSSR count). The van der Waals surface area contributed by atoms with Gasteiger partial charge in [0, 0.05) is 36.0 Å². The van der Waals surface area contributed by atoms with E-state index in [-0.39, 0.29) is 18.9 Å². The molecule has 5 aromatic rings. The number of ether oxygens (including phenoxy) is 3. The number of benzene rings is 5. The van der Waals surface area contributed by atoms with E-state index < -0.39 is 11.6 Å². The number of para-hydroxylation sites is 1. The molecule has 0 saturated heterocycles. The molecular formula is C42H42BrN3O5. The molecule has 0 aromatic heterocycles. The van der Waals surface area contributed by atoms with Crippen LogP contribution in [0, 0.1) is 0 Å². The monoisotopic (exact) mass is 747 g/mol. The van der Waals surface area contributed by atoms with Gasteiger partial charge in [0.1, 0.15) is 11.5 Å². The summed E-state index contributed by atoms with van der Waals surface area (Å²) in [4.78, 5) is 19.8. The van der Waals surface area contributed by atoms with E-state index in [1.54, 1.807) is 0 Å². The fourth-order valence-electron chi connectivity index (χ4n) is 6.13. The number of carbonyl (C=O) groups excluding carboxylic acids is 1. The maximum atomic E-state index is 14.6. The topological polar surface area (TPSA) is 101 Å². The second-order valence-electron chi connectivity index (χ2n) is 12.3. The fraction of sp³-hybridized carbons (Fsp3) is 0.238. The summed E-state index contributed by atoms with van der Waals surface area (Å²) < 4.78 is 19.2. The molecule has 1 heterocycles. The van der Waals surface area contributed by atoms with Crippen LogP contribution in [0.15, 0.2) is 137 Å². The second-order valence-corrected chi connectivity index (χ2v) is 13.2. The number of hydrogen-bond donors (Lipinski definition) is 3. The normalized spacial score (nSPS) is 16.6. The van der Waals surface area contributed by atoms with E-state index in [1.165, 1.54) is 0 Å². The molecule has 9 heteroatoms. The lowest BCUT2D eigenvalue weighted by Crippen LogP contribution is -2.54. The van der Waals surface area contributed by atoms with Gasteiger partial charge in [-0.25, -0.2) is 10.4 Å². The molecule has 8 nitrogen and oxygen atoms in total. The maximum Gasteiger partial charge on any atom is 0.266 e. The Bertz CT molecular complexity index is 1900. The number of aliphatic hydroxyl groups excluding tert-OH is 1. The van der Waals surface area contributed by atoms with Gasteiger partial charge in [-0.1, -0.05) is 101 Å². The van der Waals surface area contributed by atoms with Crippen LogP contribution in [0.2, 0.25) is 0 Å². The predicted molar refractivity (Wildman–Crippen MR) is 204 cm³/mol. The standard InChI is InChI=1S/C42H42BrN3O5/c1-2-49-38-12-7-6-11-33(38)25-26-44-46-41(48)42(29-30-13-21-36(43)22-14-30)39(34-17-15-32(16-18-34)31-9-4-3-5-10-31)51-40(45-42)35-19-23-37(24-20-35)50-28-8-27-47/h3-7,9-24,39,44,47H,2,8,25-29H2,1H3,(H,46,48)/t39-,42-/m0/s1. The van der Waals surface area contributed by atoms with Crippen LogP contribution in [0.4, 0.5) is 0 Å². The summed E-state index contributed by atoms with van der Waals surface area (Å²) in [6.45, 7) is 3.50. The number of amides is 1. The number of hydrogen-bond acceptors (Lipinski definition) is 7. The zero-order valence-electron chi connectivity index (χ0n) is 28.6. The summed E-state index contributed by atoms with van der Waals surface area (Å²) >= 11 is 3.54. The number of aliphatic imine (C=N–C) groups is 1. The first-order valence-corrected chi connectivity index (χ1v) is 18.0. The zero-order chi connectivity index (χ0) is 35.5. The van der Waals surface area contributed by atoms with Crippen LogP contribution in [0.5, 0.6) is 11.5 Å². The molecule has 0 radical (unpaired) electrons. The van der Waals surface area contributed by atoms with Gasteiger partial charge in [0.25, 0.3) is 5.91 Å². The third-order valence-electron chi connectivity index (χ3n) is 8.73. The third kappa shape index (κ3) is 8.86. The molecule has 0 bridgehead atoms.